The smallest absolute Gasteiger partial charge is 0.255 e. The Morgan fingerprint density at radius 2 is 1.83 bits per heavy atom. The van der Waals surface area contributed by atoms with E-state index < -0.39 is 0 Å². The molecule has 0 aromatic heterocycles. The molecular weight excluding hydrogens is 382 g/mol. The van der Waals surface area contributed by atoms with Gasteiger partial charge in [-0.3, -0.25) is 4.79 Å². The van der Waals surface area contributed by atoms with E-state index in [2.05, 4.69) is 61.0 Å². The number of thiocarbonyl (C=S) groups is 1. The molecule has 0 aliphatic carbocycles. The maximum atomic E-state index is 13.2. The van der Waals surface area contributed by atoms with Crippen LogP contribution in [-0.4, -0.2) is 18.1 Å². The number of amides is 1. The molecule has 0 fully saturated rings. The van der Waals surface area contributed by atoms with E-state index in [4.69, 9.17) is 17.0 Å². The first kappa shape index (κ1) is 20.9. The second-order valence-electron chi connectivity index (χ2n) is 8.13. The van der Waals surface area contributed by atoms with Gasteiger partial charge in [0.2, 0.25) is 0 Å². The number of hydrogen-bond donors (Lipinski definition) is 3. The van der Waals surface area contributed by atoms with E-state index in [1.54, 1.807) is 13.2 Å². The molecule has 5 nitrogen and oxygen atoms in total. The first-order valence-electron chi connectivity index (χ1n) is 9.53. The molecule has 1 aliphatic heterocycles. The van der Waals surface area contributed by atoms with Gasteiger partial charge >= 0.3 is 0 Å². The first-order valence-corrected chi connectivity index (χ1v) is 9.94. The number of allylic oxidation sites excluding steroid dienone is 1. The Bertz CT molecular complexity index is 959. The average molecular weight is 410 g/mol. The number of ether oxygens (including phenoxy) is 1. The molecule has 2 aromatic carbocycles. The summed E-state index contributed by atoms with van der Waals surface area (Å²) < 4.78 is 5.24. The van der Waals surface area contributed by atoms with Crippen molar-refractivity contribution in [2.45, 2.75) is 39.2 Å². The lowest BCUT2D eigenvalue weighted by Crippen LogP contribution is -2.45. The predicted octanol–water partition coefficient (Wildman–Crippen LogP) is 4.42. The zero-order chi connectivity index (χ0) is 21.2. The standard InChI is InChI=1S/C23H27N3O2S/c1-14-19(21(27)25-17-7-6-8-18(13-17)28-5)20(26-22(29)24-14)15-9-11-16(12-10-15)23(2,3)4/h6-13,20H,1-5H3,(H,25,27)(H2,24,26,29). The molecule has 1 unspecified atom stereocenters. The predicted molar refractivity (Wildman–Crippen MR) is 121 cm³/mol. The van der Waals surface area contributed by atoms with Crippen LogP contribution in [0.25, 0.3) is 0 Å². The number of benzene rings is 2. The van der Waals surface area contributed by atoms with E-state index in [-0.39, 0.29) is 17.4 Å². The van der Waals surface area contributed by atoms with Crippen LogP contribution in [0.1, 0.15) is 44.9 Å². The van der Waals surface area contributed by atoms with Crippen LogP contribution in [0.2, 0.25) is 0 Å². The van der Waals surface area contributed by atoms with Gasteiger partial charge < -0.3 is 20.7 Å². The van der Waals surface area contributed by atoms with E-state index in [9.17, 15) is 4.79 Å². The lowest BCUT2D eigenvalue weighted by Gasteiger charge is -2.31. The van der Waals surface area contributed by atoms with Crippen molar-refractivity contribution in [3.63, 3.8) is 0 Å². The van der Waals surface area contributed by atoms with Crippen molar-refractivity contribution in [3.8, 4) is 5.75 Å². The van der Waals surface area contributed by atoms with E-state index >= 15 is 0 Å². The quantitative estimate of drug-likeness (QED) is 0.653. The highest BCUT2D eigenvalue weighted by molar-refractivity contribution is 7.80. The minimum absolute atomic E-state index is 0.0632. The molecule has 1 amide bonds. The fraction of sp³-hybridized carbons (Fsp3) is 0.304. The van der Waals surface area contributed by atoms with Crippen LogP contribution in [0, 0.1) is 0 Å². The van der Waals surface area contributed by atoms with Crippen LogP contribution in [-0.2, 0) is 10.2 Å². The van der Waals surface area contributed by atoms with Gasteiger partial charge in [0.1, 0.15) is 5.75 Å². The van der Waals surface area contributed by atoms with Crippen LogP contribution in [0.3, 0.4) is 0 Å². The first-order chi connectivity index (χ1) is 13.7. The summed E-state index contributed by atoms with van der Waals surface area (Å²) in [7, 11) is 1.60. The van der Waals surface area contributed by atoms with E-state index in [1.807, 2.05) is 25.1 Å². The molecule has 1 atom stereocenters. The van der Waals surface area contributed by atoms with Gasteiger partial charge in [0.25, 0.3) is 5.91 Å². The van der Waals surface area contributed by atoms with Gasteiger partial charge in [-0.05, 0) is 47.8 Å². The van der Waals surface area contributed by atoms with Crippen molar-refractivity contribution in [3.05, 3.63) is 70.9 Å². The maximum absolute atomic E-state index is 13.2. The van der Waals surface area contributed by atoms with Gasteiger partial charge in [0.15, 0.2) is 5.11 Å². The number of nitrogens with one attached hydrogen (secondary N) is 3. The second-order valence-corrected chi connectivity index (χ2v) is 8.54. The summed E-state index contributed by atoms with van der Waals surface area (Å²) >= 11 is 5.34. The SMILES string of the molecule is COc1cccc(NC(=O)C2=C(C)NC(=S)NC2c2ccc(C(C)(C)C)cc2)c1. The maximum Gasteiger partial charge on any atom is 0.255 e. The summed E-state index contributed by atoms with van der Waals surface area (Å²) in [6.07, 6.45) is 0. The van der Waals surface area contributed by atoms with Crippen LogP contribution in [0.4, 0.5) is 5.69 Å². The molecule has 3 N–H and O–H groups in total. The summed E-state index contributed by atoms with van der Waals surface area (Å²) in [5.41, 5.74) is 4.29. The number of methoxy groups -OCH3 is 1. The highest BCUT2D eigenvalue weighted by Gasteiger charge is 2.30. The van der Waals surface area contributed by atoms with Crippen molar-refractivity contribution in [2.75, 3.05) is 12.4 Å². The fourth-order valence-corrected chi connectivity index (χ4v) is 3.59. The molecule has 1 heterocycles. The van der Waals surface area contributed by atoms with Crippen molar-refractivity contribution < 1.29 is 9.53 Å². The van der Waals surface area contributed by atoms with Crippen LogP contribution in [0.5, 0.6) is 5.75 Å². The molecule has 1 aliphatic rings. The van der Waals surface area contributed by atoms with Gasteiger partial charge in [-0.2, -0.15) is 0 Å². The number of carbonyl (C=O) groups is 1. The summed E-state index contributed by atoms with van der Waals surface area (Å²) in [4.78, 5) is 13.2. The Morgan fingerprint density at radius 1 is 1.14 bits per heavy atom. The third-order valence-electron chi connectivity index (χ3n) is 4.95. The Balaban J connectivity index is 1.92. The molecule has 0 radical (unpaired) electrons. The van der Waals surface area contributed by atoms with Gasteiger partial charge in [-0.15, -0.1) is 0 Å². The van der Waals surface area contributed by atoms with Crippen molar-refractivity contribution in [2.24, 2.45) is 0 Å². The molecule has 3 rings (SSSR count). The van der Waals surface area contributed by atoms with Gasteiger partial charge in [-0.1, -0.05) is 51.1 Å². The number of hydrogen-bond acceptors (Lipinski definition) is 3. The Kier molecular flexibility index (Phi) is 5.94. The lowest BCUT2D eigenvalue weighted by atomic mass is 9.85. The molecule has 29 heavy (non-hydrogen) atoms. The van der Waals surface area contributed by atoms with Crippen LogP contribution >= 0.6 is 12.2 Å². The minimum atomic E-state index is -0.330. The third kappa shape index (κ3) is 4.77. The Hall–Kier alpha value is -2.86. The molecule has 0 saturated carbocycles. The average Bonchev–Trinajstić information content (AvgIpc) is 2.66. The largest absolute Gasteiger partial charge is 0.497 e. The highest BCUT2D eigenvalue weighted by Crippen LogP contribution is 2.30. The minimum Gasteiger partial charge on any atom is -0.497 e. The summed E-state index contributed by atoms with van der Waals surface area (Å²) in [6, 6.07) is 15.3. The van der Waals surface area contributed by atoms with Gasteiger partial charge in [-0.25, -0.2) is 0 Å². The van der Waals surface area contributed by atoms with E-state index in [0.29, 0.717) is 22.1 Å². The highest BCUT2D eigenvalue weighted by atomic mass is 32.1. The monoisotopic (exact) mass is 409 g/mol. The molecule has 0 saturated heterocycles. The van der Waals surface area contributed by atoms with Gasteiger partial charge in [0, 0.05) is 17.5 Å². The molecular formula is C23H27N3O2S. The molecule has 2 aromatic rings. The van der Waals surface area contributed by atoms with Gasteiger partial charge in [0.05, 0.1) is 18.7 Å². The van der Waals surface area contributed by atoms with Crippen LogP contribution in [0.15, 0.2) is 59.8 Å². The second kappa shape index (κ2) is 8.25. The fourth-order valence-electron chi connectivity index (χ4n) is 3.32. The number of carbonyl (C=O) groups excluding carboxylic acids is 1. The third-order valence-corrected chi connectivity index (χ3v) is 5.17. The number of anilines is 1. The van der Waals surface area contributed by atoms with Crippen molar-refractivity contribution in [1.82, 2.24) is 10.6 Å². The summed E-state index contributed by atoms with van der Waals surface area (Å²) in [5.74, 6) is 0.493. The summed E-state index contributed by atoms with van der Waals surface area (Å²) in [6.45, 7) is 8.40. The normalized spacial score (nSPS) is 16.7. The van der Waals surface area contributed by atoms with Crippen molar-refractivity contribution in [1.29, 1.82) is 0 Å². The molecule has 0 bridgehead atoms. The zero-order valence-electron chi connectivity index (χ0n) is 17.4. The topological polar surface area (TPSA) is 62.4 Å². The molecule has 152 valence electrons. The van der Waals surface area contributed by atoms with E-state index in [0.717, 1.165) is 11.3 Å². The molecule has 6 heteroatoms. The Morgan fingerprint density at radius 3 is 2.45 bits per heavy atom. The van der Waals surface area contributed by atoms with Crippen LogP contribution < -0.4 is 20.7 Å². The molecule has 0 spiro atoms. The Labute approximate surface area is 177 Å². The lowest BCUT2D eigenvalue weighted by molar-refractivity contribution is -0.113. The summed E-state index contributed by atoms with van der Waals surface area (Å²) in [5, 5.41) is 9.78. The zero-order valence-corrected chi connectivity index (χ0v) is 18.2. The van der Waals surface area contributed by atoms with Crippen molar-refractivity contribution >= 4 is 28.9 Å². The van der Waals surface area contributed by atoms with E-state index in [1.165, 1.54) is 5.56 Å². The number of rotatable bonds is 4.